The second kappa shape index (κ2) is 5.50. The number of fused-ring (bicyclic) bond motifs is 1. The second-order valence-electron chi connectivity index (χ2n) is 3.99. The number of imidazole rings is 1. The van der Waals surface area contributed by atoms with Gasteiger partial charge in [0.2, 0.25) is 5.91 Å². The Bertz CT molecular complexity index is 599. The van der Waals surface area contributed by atoms with Gasteiger partial charge in [0.1, 0.15) is 0 Å². The molecule has 1 amide bonds. The average molecular weight is 248 g/mol. The van der Waals surface area contributed by atoms with Gasteiger partial charge in [-0.2, -0.15) is 0 Å². The highest BCUT2D eigenvalue weighted by molar-refractivity contribution is 5.93. The van der Waals surface area contributed by atoms with Crippen molar-refractivity contribution in [1.29, 1.82) is 0 Å². The molecule has 1 heterocycles. The van der Waals surface area contributed by atoms with Crippen LogP contribution in [0.15, 0.2) is 23.0 Å². The predicted molar refractivity (Wildman–Crippen MR) is 70.7 cm³/mol. The van der Waals surface area contributed by atoms with Crippen LogP contribution in [0.25, 0.3) is 11.0 Å². The second-order valence-corrected chi connectivity index (χ2v) is 3.99. The predicted octanol–water partition coefficient (Wildman–Crippen LogP) is 0.794. The van der Waals surface area contributed by atoms with Crippen molar-refractivity contribution in [3.8, 4) is 0 Å². The summed E-state index contributed by atoms with van der Waals surface area (Å²) in [6.07, 6.45) is 0.426. The number of nitrogens with one attached hydrogen (secondary N) is 4. The van der Waals surface area contributed by atoms with E-state index in [1.807, 2.05) is 6.92 Å². The van der Waals surface area contributed by atoms with E-state index in [0.29, 0.717) is 24.2 Å². The van der Waals surface area contributed by atoms with Crippen molar-refractivity contribution in [2.24, 2.45) is 0 Å². The molecule has 18 heavy (non-hydrogen) atoms. The van der Waals surface area contributed by atoms with Gasteiger partial charge in [0.05, 0.1) is 11.0 Å². The molecule has 1 aromatic heterocycles. The molecule has 96 valence electrons. The van der Waals surface area contributed by atoms with Crippen LogP contribution in [-0.2, 0) is 4.79 Å². The molecule has 0 aliphatic carbocycles. The zero-order chi connectivity index (χ0) is 13.0. The van der Waals surface area contributed by atoms with Gasteiger partial charge in [-0.05, 0) is 24.7 Å². The Morgan fingerprint density at radius 1 is 1.28 bits per heavy atom. The van der Waals surface area contributed by atoms with E-state index >= 15 is 0 Å². The summed E-state index contributed by atoms with van der Waals surface area (Å²) >= 11 is 0. The number of aromatic amines is 2. The number of hydrogen-bond donors (Lipinski definition) is 4. The van der Waals surface area contributed by atoms with Crippen LogP contribution in [0.2, 0.25) is 0 Å². The Hall–Kier alpha value is -2.08. The molecule has 0 spiro atoms. The first-order chi connectivity index (χ1) is 8.69. The molecule has 0 saturated heterocycles. The van der Waals surface area contributed by atoms with E-state index < -0.39 is 0 Å². The summed E-state index contributed by atoms with van der Waals surface area (Å²) in [7, 11) is 0. The van der Waals surface area contributed by atoms with Gasteiger partial charge < -0.3 is 20.6 Å². The third-order valence-corrected chi connectivity index (χ3v) is 2.58. The molecule has 6 nitrogen and oxygen atoms in total. The van der Waals surface area contributed by atoms with E-state index in [9.17, 15) is 9.59 Å². The summed E-state index contributed by atoms with van der Waals surface area (Å²) in [5.74, 6) is -0.0480. The lowest BCUT2D eigenvalue weighted by molar-refractivity contribution is -0.116. The average Bonchev–Trinajstić information content (AvgIpc) is 2.69. The van der Waals surface area contributed by atoms with Gasteiger partial charge >= 0.3 is 5.69 Å². The number of rotatable bonds is 5. The molecule has 1 aromatic carbocycles. The molecular weight excluding hydrogens is 232 g/mol. The normalized spacial score (nSPS) is 10.7. The first kappa shape index (κ1) is 12.4. The molecule has 2 aromatic rings. The van der Waals surface area contributed by atoms with Crippen LogP contribution < -0.4 is 16.3 Å². The van der Waals surface area contributed by atoms with Gasteiger partial charge in [-0.1, -0.05) is 6.92 Å². The minimum Gasteiger partial charge on any atom is -0.326 e. The Morgan fingerprint density at radius 3 is 2.83 bits per heavy atom. The fourth-order valence-electron chi connectivity index (χ4n) is 1.71. The molecule has 0 fully saturated rings. The topological polar surface area (TPSA) is 89.8 Å². The van der Waals surface area contributed by atoms with E-state index in [0.717, 1.165) is 12.1 Å². The van der Waals surface area contributed by atoms with E-state index in [4.69, 9.17) is 0 Å². The summed E-state index contributed by atoms with van der Waals surface area (Å²) in [5.41, 5.74) is 1.84. The maximum absolute atomic E-state index is 11.6. The summed E-state index contributed by atoms with van der Waals surface area (Å²) in [5, 5.41) is 5.87. The molecule has 0 unspecified atom stereocenters. The third kappa shape index (κ3) is 2.98. The van der Waals surface area contributed by atoms with Crippen LogP contribution in [0.5, 0.6) is 0 Å². The molecular formula is C12H16N4O2. The van der Waals surface area contributed by atoms with E-state index in [-0.39, 0.29) is 11.6 Å². The number of carbonyl (C=O) groups excluding carboxylic acids is 1. The van der Waals surface area contributed by atoms with Gasteiger partial charge in [0, 0.05) is 18.7 Å². The monoisotopic (exact) mass is 248 g/mol. The fraction of sp³-hybridized carbons (Fsp3) is 0.333. The minimum atomic E-state index is -0.249. The largest absolute Gasteiger partial charge is 0.326 e. The Kier molecular flexibility index (Phi) is 3.78. The molecule has 0 bridgehead atoms. The molecule has 0 radical (unpaired) electrons. The van der Waals surface area contributed by atoms with Crippen LogP contribution in [0, 0.1) is 0 Å². The lowest BCUT2D eigenvalue weighted by Crippen LogP contribution is -2.21. The molecule has 4 N–H and O–H groups in total. The first-order valence-corrected chi connectivity index (χ1v) is 5.91. The van der Waals surface area contributed by atoms with Crippen LogP contribution in [0.4, 0.5) is 5.69 Å². The molecule has 0 aliphatic rings. The van der Waals surface area contributed by atoms with Gasteiger partial charge in [-0.25, -0.2) is 4.79 Å². The quantitative estimate of drug-likeness (QED) is 0.590. The fourth-order valence-corrected chi connectivity index (χ4v) is 1.71. The van der Waals surface area contributed by atoms with Crippen LogP contribution in [0.1, 0.15) is 13.3 Å². The molecule has 0 aliphatic heterocycles. The number of anilines is 1. The minimum absolute atomic E-state index is 0.0480. The van der Waals surface area contributed by atoms with Crippen LogP contribution >= 0.6 is 0 Å². The number of carbonyl (C=O) groups is 1. The maximum atomic E-state index is 11.6. The number of H-pyrrole nitrogens is 2. The highest BCUT2D eigenvalue weighted by Gasteiger charge is 2.04. The van der Waals surface area contributed by atoms with Gasteiger partial charge in [0.15, 0.2) is 0 Å². The number of hydrogen-bond acceptors (Lipinski definition) is 3. The molecule has 0 saturated carbocycles. The number of aromatic nitrogens is 2. The van der Waals surface area contributed by atoms with Crippen molar-refractivity contribution in [1.82, 2.24) is 15.3 Å². The Balaban J connectivity index is 2.02. The third-order valence-electron chi connectivity index (χ3n) is 2.58. The van der Waals surface area contributed by atoms with Gasteiger partial charge in [0.25, 0.3) is 0 Å². The summed E-state index contributed by atoms with van der Waals surface area (Å²) in [4.78, 5) is 28.0. The summed E-state index contributed by atoms with van der Waals surface area (Å²) < 4.78 is 0. The van der Waals surface area contributed by atoms with E-state index in [2.05, 4.69) is 20.6 Å². The molecule has 2 rings (SSSR count). The number of amides is 1. The lowest BCUT2D eigenvalue weighted by Gasteiger charge is -2.05. The SMILES string of the molecule is CCNCCC(=O)Nc1ccc2[nH]c(=O)[nH]c2c1. The van der Waals surface area contributed by atoms with Crippen LogP contribution in [0.3, 0.4) is 0 Å². The summed E-state index contributed by atoms with van der Waals surface area (Å²) in [6, 6.07) is 5.25. The Labute approximate surface area is 104 Å². The standard InChI is InChI=1S/C12H16N4O2/c1-2-13-6-5-11(17)14-8-3-4-9-10(7-8)16-12(18)15-9/h3-4,7,13H,2,5-6H2,1H3,(H,14,17)(H2,15,16,18). The first-order valence-electron chi connectivity index (χ1n) is 5.91. The zero-order valence-electron chi connectivity index (χ0n) is 10.2. The van der Waals surface area contributed by atoms with Gasteiger partial charge in [-0.15, -0.1) is 0 Å². The van der Waals surface area contributed by atoms with Crippen molar-refractivity contribution >= 4 is 22.6 Å². The van der Waals surface area contributed by atoms with E-state index in [1.165, 1.54) is 0 Å². The van der Waals surface area contributed by atoms with Crippen LogP contribution in [-0.4, -0.2) is 29.0 Å². The number of benzene rings is 1. The Morgan fingerprint density at radius 2 is 2.06 bits per heavy atom. The highest BCUT2D eigenvalue weighted by Crippen LogP contribution is 2.14. The lowest BCUT2D eigenvalue weighted by atomic mass is 10.2. The van der Waals surface area contributed by atoms with Crippen molar-refractivity contribution in [3.05, 3.63) is 28.7 Å². The van der Waals surface area contributed by atoms with Crippen molar-refractivity contribution in [2.45, 2.75) is 13.3 Å². The van der Waals surface area contributed by atoms with Crippen molar-refractivity contribution in [3.63, 3.8) is 0 Å². The molecule has 0 atom stereocenters. The zero-order valence-corrected chi connectivity index (χ0v) is 10.2. The van der Waals surface area contributed by atoms with Gasteiger partial charge in [-0.3, -0.25) is 4.79 Å². The smallest absolute Gasteiger partial charge is 0.323 e. The van der Waals surface area contributed by atoms with E-state index in [1.54, 1.807) is 18.2 Å². The van der Waals surface area contributed by atoms with Crippen molar-refractivity contribution < 1.29 is 4.79 Å². The summed E-state index contributed by atoms with van der Waals surface area (Å²) in [6.45, 7) is 3.50. The van der Waals surface area contributed by atoms with Crippen molar-refractivity contribution in [2.75, 3.05) is 18.4 Å². The highest BCUT2D eigenvalue weighted by atomic mass is 16.1. The molecule has 6 heteroatoms. The maximum Gasteiger partial charge on any atom is 0.323 e.